The van der Waals surface area contributed by atoms with Gasteiger partial charge in [0, 0.05) is 24.7 Å². The molecule has 1 saturated heterocycles. The summed E-state index contributed by atoms with van der Waals surface area (Å²) in [6.07, 6.45) is 0.314. The molecule has 0 aliphatic carbocycles. The van der Waals surface area contributed by atoms with E-state index in [4.69, 9.17) is 10.5 Å². The van der Waals surface area contributed by atoms with Gasteiger partial charge in [0.2, 0.25) is 0 Å². The first-order chi connectivity index (χ1) is 6.29. The van der Waals surface area contributed by atoms with E-state index in [2.05, 4.69) is 6.58 Å². The Hall–Kier alpha value is -1.03. The van der Waals surface area contributed by atoms with E-state index in [-0.39, 0.29) is 12.1 Å². The zero-order valence-electron chi connectivity index (χ0n) is 9.04. The normalized spacial score (nSPS) is 22.7. The van der Waals surface area contributed by atoms with Crippen LogP contribution in [0, 0.1) is 0 Å². The van der Waals surface area contributed by atoms with Crippen molar-refractivity contribution in [2.75, 3.05) is 6.54 Å². The Labute approximate surface area is 84.7 Å². The molecule has 80 valence electrons. The summed E-state index contributed by atoms with van der Waals surface area (Å²) in [5, 5.41) is 0. The lowest BCUT2D eigenvalue weighted by atomic mass is 10.2. The van der Waals surface area contributed by atoms with E-state index in [1.165, 1.54) is 4.90 Å². The first-order valence-electron chi connectivity index (χ1n) is 4.73. The summed E-state index contributed by atoms with van der Waals surface area (Å²) in [6, 6.07) is -0.00461. The standard InChI is InChI=1S/C10H18N2O2/c1-7-5-8(11)6-12(7)9(13)14-10(2,3)4/h8H,1,5-6,11H2,2-4H3/t8-/m1/s1. The molecular weight excluding hydrogens is 180 g/mol. The average Bonchev–Trinajstić information content (AvgIpc) is 2.26. The summed E-state index contributed by atoms with van der Waals surface area (Å²) in [5.74, 6) is 0. The van der Waals surface area contributed by atoms with Crippen molar-refractivity contribution in [2.45, 2.75) is 38.8 Å². The lowest BCUT2D eigenvalue weighted by Gasteiger charge is -2.24. The Morgan fingerprint density at radius 2 is 2.21 bits per heavy atom. The average molecular weight is 198 g/mol. The van der Waals surface area contributed by atoms with Gasteiger partial charge in [-0.3, -0.25) is 4.90 Å². The third kappa shape index (κ3) is 2.73. The Balaban J connectivity index is 2.58. The molecule has 1 heterocycles. The summed E-state index contributed by atoms with van der Waals surface area (Å²) in [4.78, 5) is 13.1. The van der Waals surface area contributed by atoms with Crippen LogP contribution in [0.15, 0.2) is 12.3 Å². The van der Waals surface area contributed by atoms with Gasteiger partial charge >= 0.3 is 6.09 Å². The number of carbonyl (C=O) groups is 1. The van der Waals surface area contributed by atoms with E-state index >= 15 is 0 Å². The molecule has 1 aliphatic heterocycles. The molecule has 0 aromatic heterocycles. The molecular formula is C10H18N2O2. The second-order valence-electron chi connectivity index (χ2n) is 4.62. The predicted molar refractivity (Wildman–Crippen MR) is 54.7 cm³/mol. The van der Waals surface area contributed by atoms with Gasteiger partial charge in [0.05, 0.1) is 0 Å². The highest BCUT2D eigenvalue weighted by Crippen LogP contribution is 2.21. The molecule has 0 bridgehead atoms. The van der Waals surface area contributed by atoms with Crippen molar-refractivity contribution >= 4 is 6.09 Å². The van der Waals surface area contributed by atoms with Crippen molar-refractivity contribution in [3.8, 4) is 0 Å². The monoisotopic (exact) mass is 198 g/mol. The van der Waals surface area contributed by atoms with Crippen LogP contribution in [0.4, 0.5) is 4.79 Å². The van der Waals surface area contributed by atoms with Crippen LogP contribution in [-0.2, 0) is 4.74 Å². The molecule has 1 rings (SSSR count). The van der Waals surface area contributed by atoms with Gasteiger partial charge in [0.1, 0.15) is 5.60 Å². The minimum Gasteiger partial charge on any atom is -0.443 e. The second-order valence-corrected chi connectivity index (χ2v) is 4.62. The first kappa shape index (κ1) is 11.0. The quantitative estimate of drug-likeness (QED) is 0.641. The fourth-order valence-corrected chi connectivity index (χ4v) is 1.36. The van der Waals surface area contributed by atoms with Crippen LogP contribution in [0.2, 0.25) is 0 Å². The van der Waals surface area contributed by atoms with Crippen LogP contribution < -0.4 is 5.73 Å². The molecule has 0 radical (unpaired) electrons. The summed E-state index contributed by atoms with van der Waals surface area (Å²) in [6.45, 7) is 9.80. The molecule has 0 spiro atoms. The number of amides is 1. The van der Waals surface area contributed by atoms with Crippen LogP contribution in [-0.4, -0.2) is 29.2 Å². The Bertz CT molecular complexity index is 255. The number of rotatable bonds is 0. The molecule has 14 heavy (non-hydrogen) atoms. The van der Waals surface area contributed by atoms with Crippen molar-refractivity contribution in [3.05, 3.63) is 12.3 Å². The maximum absolute atomic E-state index is 11.6. The van der Waals surface area contributed by atoms with E-state index in [1.54, 1.807) is 0 Å². The van der Waals surface area contributed by atoms with E-state index in [9.17, 15) is 4.79 Å². The fraction of sp³-hybridized carbons (Fsp3) is 0.700. The van der Waals surface area contributed by atoms with E-state index in [0.717, 1.165) is 5.70 Å². The topological polar surface area (TPSA) is 55.6 Å². The summed E-state index contributed by atoms with van der Waals surface area (Å²) in [7, 11) is 0. The van der Waals surface area contributed by atoms with Gasteiger partial charge in [0.15, 0.2) is 0 Å². The number of ether oxygens (including phenoxy) is 1. The molecule has 4 heteroatoms. The molecule has 1 amide bonds. The van der Waals surface area contributed by atoms with Crippen molar-refractivity contribution in [3.63, 3.8) is 0 Å². The summed E-state index contributed by atoms with van der Waals surface area (Å²) < 4.78 is 5.21. The zero-order valence-corrected chi connectivity index (χ0v) is 9.04. The number of nitrogens with zero attached hydrogens (tertiary/aromatic N) is 1. The van der Waals surface area contributed by atoms with Gasteiger partial charge in [-0.1, -0.05) is 6.58 Å². The fourth-order valence-electron chi connectivity index (χ4n) is 1.36. The van der Waals surface area contributed by atoms with E-state index < -0.39 is 5.60 Å². The lowest BCUT2D eigenvalue weighted by Crippen LogP contribution is -2.36. The maximum Gasteiger partial charge on any atom is 0.414 e. The predicted octanol–water partition coefficient (Wildman–Crippen LogP) is 1.47. The van der Waals surface area contributed by atoms with Gasteiger partial charge < -0.3 is 10.5 Å². The Morgan fingerprint density at radius 3 is 2.57 bits per heavy atom. The molecule has 0 aromatic rings. The molecule has 0 aromatic carbocycles. The third-order valence-corrected chi connectivity index (χ3v) is 1.91. The van der Waals surface area contributed by atoms with Crippen LogP contribution in [0.5, 0.6) is 0 Å². The summed E-state index contributed by atoms with van der Waals surface area (Å²) >= 11 is 0. The smallest absolute Gasteiger partial charge is 0.414 e. The molecule has 1 fully saturated rings. The van der Waals surface area contributed by atoms with Crippen LogP contribution in [0.3, 0.4) is 0 Å². The van der Waals surface area contributed by atoms with Crippen LogP contribution in [0.1, 0.15) is 27.2 Å². The number of hydrogen-bond acceptors (Lipinski definition) is 3. The molecule has 1 aliphatic rings. The highest BCUT2D eigenvalue weighted by Gasteiger charge is 2.30. The van der Waals surface area contributed by atoms with Gasteiger partial charge in [-0.2, -0.15) is 0 Å². The second kappa shape index (κ2) is 3.61. The van der Waals surface area contributed by atoms with Gasteiger partial charge in [-0.05, 0) is 20.8 Å². The number of hydrogen-bond donors (Lipinski definition) is 1. The highest BCUT2D eigenvalue weighted by molar-refractivity contribution is 5.71. The molecule has 2 N–H and O–H groups in total. The van der Waals surface area contributed by atoms with Crippen molar-refractivity contribution in [1.29, 1.82) is 0 Å². The van der Waals surface area contributed by atoms with E-state index in [1.807, 2.05) is 20.8 Å². The number of likely N-dealkylation sites (tertiary alicyclic amines) is 1. The number of nitrogens with two attached hydrogens (primary N) is 1. The Kier molecular flexibility index (Phi) is 2.85. The van der Waals surface area contributed by atoms with E-state index in [0.29, 0.717) is 13.0 Å². The lowest BCUT2D eigenvalue weighted by molar-refractivity contribution is 0.0337. The SMILES string of the molecule is C=C1C[C@@H](N)CN1C(=O)OC(C)(C)C. The molecule has 0 unspecified atom stereocenters. The summed E-state index contributed by atoms with van der Waals surface area (Å²) in [5.41, 5.74) is 5.98. The highest BCUT2D eigenvalue weighted by atomic mass is 16.6. The van der Waals surface area contributed by atoms with Gasteiger partial charge in [-0.25, -0.2) is 4.79 Å². The molecule has 1 atom stereocenters. The van der Waals surface area contributed by atoms with Crippen molar-refractivity contribution in [2.24, 2.45) is 5.73 Å². The molecule has 4 nitrogen and oxygen atoms in total. The zero-order chi connectivity index (χ0) is 10.9. The Morgan fingerprint density at radius 1 is 1.64 bits per heavy atom. The van der Waals surface area contributed by atoms with Gasteiger partial charge in [0.25, 0.3) is 0 Å². The van der Waals surface area contributed by atoms with Crippen molar-refractivity contribution < 1.29 is 9.53 Å². The van der Waals surface area contributed by atoms with Gasteiger partial charge in [-0.15, -0.1) is 0 Å². The van der Waals surface area contributed by atoms with Crippen LogP contribution >= 0.6 is 0 Å². The third-order valence-electron chi connectivity index (χ3n) is 1.91. The minimum absolute atomic E-state index is 0.00461. The maximum atomic E-state index is 11.6. The molecule has 0 saturated carbocycles. The number of carbonyl (C=O) groups excluding carboxylic acids is 1. The minimum atomic E-state index is -0.468. The first-order valence-corrected chi connectivity index (χ1v) is 4.73. The largest absolute Gasteiger partial charge is 0.443 e. The van der Waals surface area contributed by atoms with Crippen LogP contribution in [0.25, 0.3) is 0 Å². The van der Waals surface area contributed by atoms with Crippen molar-refractivity contribution in [1.82, 2.24) is 4.90 Å².